The average Bonchev–Trinajstić information content (AvgIpc) is 3.50. The summed E-state index contributed by atoms with van der Waals surface area (Å²) in [5, 5.41) is 15.1. The summed E-state index contributed by atoms with van der Waals surface area (Å²) in [7, 11) is 1.66. The first kappa shape index (κ1) is 23.1. The highest BCUT2D eigenvalue weighted by atomic mass is 35.5. The van der Waals surface area contributed by atoms with Gasteiger partial charge in [-0.1, -0.05) is 23.7 Å². The lowest BCUT2D eigenvalue weighted by atomic mass is 9.82. The first-order chi connectivity index (χ1) is 16.8. The van der Waals surface area contributed by atoms with Gasteiger partial charge < -0.3 is 9.30 Å². The molecule has 0 spiro atoms. The molecule has 178 valence electrons. The Kier molecular flexibility index (Phi) is 5.86. The number of fused-ring (bicyclic) bond motifs is 1. The summed E-state index contributed by atoms with van der Waals surface area (Å²) in [6, 6.07) is 14.2. The molecule has 35 heavy (non-hydrogen) atoms. The molecule has 0 radical (unpaired) electrons. The molecule has 5 rings (SSSR count). The summed E-state index contributed by atoms with van der Waals surface area (Å²) in [5.74, 6) is 2.29. The van der Waals surface area contributed by atoms with Gasteiger partial charge in [0.2, 0.25) is 0 Å². The molecule has 0 aliphatic carbocycles. The van der Waals surface area contributed by atoms with E-state index < -0.39 is 5.41 Å². The zero-order valence-corrected chi connectivity index (χ0v) is 21.0. The van der Waals surface area contributed by atoms with Crippen LogP contribution in [0.2, 0.25) is 5.02 Å². The maximum absolute atomic E-state index is 9.62. The molecule has 0 saturated carbocycles. The number of aromatic nitrogens is 5. The van der Waals surface area contributed by atoms with Crippen LogP contribution in [0.25, 0.3) is 17.1 Å². The van der Waals surface area contributed by atoms with Crippen LogP contribution in [0.3, 0.4) is 0 Å². The van der Waals surface area contributed by atoms with Gasteiger partial charge in [0, 0.05) is 29.2 Å². The fraction of sp³-hybridized carbons (Fsp3) is 0.333. The summed E-state index contributed by atoms with van der Waals surface area (Å²) in [4.78, 5) is 9.28. The molecule has 2 aromatic carbocycles. The van der Waals surface area contributed by atoms with Crippen molar-refractivity contribution in [3.63, 3.8) is 0 Å². The summed E-state index contributed by atoms with van der Waals surface area (Å²) < 4.78 is 9.61. The molecule has 0 amide bonds. The second-order valence-electron chi connectivity index (χ2n) is 9.49. The lowest BCUT2D eigenvalue weighted by Crippen LogP contribution is -2.20. The fourth-order valence-electron chi connectivity index (χ4n) is 4.61. The molecule has 0 saturated heterocycles. The molecular weight excluding hydrogens is 460 g/mol. The lowest BCUT2D eigenvalue weighted by Gasteiger charge is -2.25. The quantitative estimate of drug-likeness (QED) is 0.354. The van der Waals surface area contributed by atoms with Gasteiger partial charge in [-0.15, -0.1) is 0 Å². The van der Waals surface area contributed by atoms with Crippen LogP contribution in [-0.4, -0.2) is 31.4 Å². The highest BCUT2D eigenvalue weighted by molar-refractivity contribution is 6.31. The van der Waals surface area contributed by atoms with E-state index in [1.165, 1.54) is 0 Å². The molecule has 0 bridgehead atoms. The van der Waals surface area contributed by atoms with Crippen molar-refractivity contribution < 1.29 is 4.74 Å². The van der Waals surface area contributed by atoms with Gasteiger partial charge >= 0.3 is 0 Å². The van der Waals surface area contributed by atoms with Crippen LogP contribution in [-0.2, 0) is 12.0 Å². The SMILES string of the molecule is COc1cc(-c2nc3n(n2)CCC[C@H]3c2cc(C(C)(C)C#N)ccc2Cl)ccc1-n1cnc(C)c1. The smallest absolute Gasteiger partial charge is 0.181 e. The Morgan fingerprint density at radius 1 is 1.20 bits per heavy atom. The number of rotatable bonds is 5. The van der Waals surface area contributed by atoms with Crippen LogP contribution in [0.1, 0.15) is 55.3 Å². The summed E-state index contributed by atoms with van der Waals surface area (Å²) >= 11 is 6.67. The number of aryl methyl sites for hydroxylation is 2. The Morgan fingerprint density at radius 3 is 2.74 bits per heavy atom. The van der Waals surface area contributed by atoms with E-state index in [4.69, 9.17) is 26.4 Å². The van der Waals surface area contributed by atoms with E-state index in [1.54, 1.807) is 13.4 Å². The van der Waals surface area contributed by atoms with E-state index in [9.17, 15) is 5.26 Å². The van der Waals surface area contributed by atoms with Crippen molar-refractivity contribution in [2.24, 2.45) is 0 Å². The number of imidazole rings is 1. The Labute approximate surface area is 210 Å². The van der Waals surface area contributed by atoms with Crippen molar-refractivity contribution in [3.8, 4) is 28.9 Å². The number of hydrogen-bond donors (Lipinski definition) is 0. The van der Waals surface area contributed by atoms with Crippen LogP contribution >= 0.6 is 11.6 Å². The van der Waals surface area contributed by atoms with Gasteiger partial charge in [-0.25, -0.2) is 14.6 Å². The number of hydrogen-bond acceptors (Lipinski definition) is 5. The van der Waals surface area contributed by atoms with Crippen LogP contribution in [0.4, 0.5) is 0 Å². The fourth-order valence-corrected chi connectivity index (χ4v) is 4.86. The molecule has 0 N–H and O–H groups in total. The second-order valence-corrected chi connectivity index (χ2v) is 9.90. The van der Waals surface area contributed by atoms with Crippen LogP contribution in [0, 0.1) is 18.3 Å². The monoisotopic (exact) mass is 486 g/mol. The van der Waals surface area contributed by atoms with Gasteiger partial charge in [0.1, 0.15) is 11.6 Å². The van der Waals surface area contributed by atoms with Crippen molar-refractivity contribution in [2.75, 3.05) is 7.11 Å². The molecular formula is C27H27ClN6O. The highest BCUT2D eigenvalue weighted by Gasteiger charge is 2.30. The number of benzene rings is 2. The Balaban J connectivity index is 1.54. The molecule has 7 nitrogen and oxygen atoms in total. The number of nitrogens with zero attached hydrogens (tertiary/aromatic N) is 6. The van der Waals surface area contributed by atoms with Gasteiger partial charge in [0.15, 0.2) is 5.82 Å². The van der Waals surface area contributed by atoms with E-state index in [-0.39, 0.29) is 5.92 Å². The van der Waals surface area contributed by atoms with E-state index in [0.29, 0.717) is 10.8 Å². The van der Waals surface area contributed by atoms with Gasteiger partial charge in [0.25, 0.3) is 0 Å². The minimum Gasteiger partial charge on any atom is -0.495 e. The highest BCUT2D eigenvalue weighted by Crippen LogP contribution is 2.39. The van der Waals surface area contributed by atoms with Gasteiger partial charge in [0.05, 0.1) is 36.3 Å². The minimum absolute atomic E-state index is 0.0158. The standard InChI is InChI=1S/C27H27ClN6O/c1-17-14-33(16-30-17)23-10-7-18(12-24(23)35-4)25-31-26-20(6-5-11-34(26)32-25)21-13-19(8-9-22(21)28)27(2,3)15-29/h7-10,12-14,16,20H,5-6,11H2,1-4H3/t20-/m0/s1. The van der Waals surface area contributed by atoms with Gasteiger partial charge in [-0.2, -0.15) is 10.4 Å². The summed E-state index contributed by atoms with van der Waals surface area (Å²) in [6.45, 7) is 6.60. The number of methoxy groups -OCH3 is 1. The summed E-state index contributed by atoms with van der Waals surface area (Å²) in [6.07, 6.45) is 5.64. The lowest BCUT2D eigenvalue weighted by molar-refractivity contribution is 0.413. The predicted molar refractivity (Wildman–Crippen MR) is 135 cm³/mol. The number of ether oxygens (including phenoxy) is 1. The van der Waals surface area contributed by atoms with E-state index >= 15 is 0 Å². The Bertz CT molecular complexity index is 1440. The Hall–Kier alpha value is -3.63. The predicted octanol–water partition coefficient (Wildman–Crippen LogP) is 5.83. The largest absolute Gasteiger partial charge is 0.495 e. The molecule has 2 aromatic heterocycles. The normalized spacial score (nSPS) is 15.5. The average molecular weight is 487 g/mol. The molecule has 1 aliphatic heterocycles. The minimum atomic E-state index is -0.598. The maximum atomic E-state index is 9.62. The third-order valence-electron chi connectivity index (χ3n) is 6.68. The number of halogens is 1. The molecule has 8 heteroatoms. The molecule has 4 aromatic rings. The Morgan fingerprint density at radius 2 is 2.03 bits per heavy atom. The molecule has 1 atom stereocenters. The van der Waals surface area contributed by atoms with E-state index in [2.05, 4.69) is 17.1 Å². The van der Waals surface area contributed by atoms with Crippen LogP contribution < -0.4 is 4.74 Å². The first-order valence-electron chi connectivity index (χ1n) is 11.7. The van der Waals surface area contributed by atoms with Crippen LogP contribution in [0.15, 0.2) is 48.9 Å². The summed E-state index contributed by atoms with van der Waals surface area (Å²) in [5.41, 5.74) is 4.07. The third-order valence-corrected chi connectivity index (χ3v) is 7.02. The second kappa shape index (κ2) is 8.86. The van der Waals surface area contributed by atoms with E-state index in [0.717, 1.165) is 59.0 Å². The van der Waals surface area contributed by atoms with Gasteiger partial charge in [-0.3, -0.25) is 0 Å². The maximum Gasteiger partial charge on any atom is 0.181 e. The van der Waals surface area contributed by atoms with Crippen LogP contribution in [0.5, 0.6) is 5.75 Å². The van der Waals surface area contributed by atoms with Crippen molar-refractivity contribution in [1.29, 1.82) is 5.26 Å². The van der Waals surface area contributed by atoms with E-state index in [1.807, 2.05) is 66.5 Å². The van der Waals surface area contributed by atoms with Crippen molar-refractivity contribution in [2.45, 2.75) is 51.5 Å². The molecule has 0 unspecified atom stereocenters. The van der Waals surface area contributed by atoms with Gasteiger partial charge in [-0.05, 0) is 69.0 Å². The first-order valence-corrected chi connectivity index (χ1v) is 12.0. The molecule has 0 fully saturated rings. The van der Waals surface area contributed by atoms with Crippen molar-refractivity contribution in [3.05, 3.63) is 76.6 Å². The third kappa shape index (κ3) is 4.19. The van der Waals surface area contributed by atoms with Crippen molar-refractivity contribution in [1.82, 2.24) is 24.3 Å². The van der Waals surface area contributed by atoms with Crippen molar-refractivity contribution >= 4 is 11.6 Å². The number of nitriles is 1. The zero-order chi connectivity index (χ0) is 24.7. The molecule has 3 heterocycles. The molecule has 1 aliphatic rings. The zero-order valence-electron chi connectivity index (χ0n) is 20.3. The topological polar surface area (TPSA) is 81.5 Å².